The SMILES string of the molecule is CCCCCCCCCCCCc1ccccc1S(=O)(=O)[O-].CN(C)C.Cc1ccc(S(=O)(=O)O)cc1.[Na+]. The van der Waals surface area contributed by atoms with Crippen molar-refractivity contribution in [2.24, 2.45) is 0 Å². The first kappa shape index (κ1) is 39.4. The molecule has 2 rings (SSSR count). The predicted molar refractivity (Wildman–Crippen MR) is 151 cm³/mol. The molecule has 2 aromatic carbocycles. The van der Waals surface area contributed by atoms with E-state index < -0.39 is 20.2 Å². The van der Waals surface area contributed by atoms with Gasteiger partial charge in [0.15, 0.2) is 0 Å². The van der Waals surface area contributed by atoms with Crippen molar-refractivity contribution in [1.82, 2.24) is 4.90 Å². The molecule has 0 atom stereocenters. The maximum atomic E-state index is 11.2. The van der Waals surface area contributed by atoms with Crippen LogP contribution < -0.4 is 29.6 Å². The minimum atomic E-state index is -4.35. The van der Waals surface area contributed by atoms with Crippen molar-refractivity contribution < 1.29 is 55.5 Å². The van der Waals surface area contributed by atoms with E-state index in [4.69, 9.17) is 4.55 Å². The van der Waals surface area contributed by atoms with Gasteiger partial charge in [0.1, 0.15) is 10.1 Å². The standard InChI is InChI=1S/C18H30O3S.C7H8O3S.C3H9N.Na/c1-2-3-4-5-6-7-8-9-10-11-14-17-15-12-13-16-18(17)22(19,20)21;1-6-2-4-7(5-3-6)11(8,9)10;1-4(2)3;/h12-13,15-16H,2-11,14H2,1H3,(H,19,20,21);2-5H,1H3,(H,8,9,10);1-3H3;/q;;;+1/p-1. The minimum Gasteiger partial charge on any atom is -0.744 e. The van der Waals surface area contributed by atoms with E-state index >= 15 is 0 Å². The summed E-state index contributed by atoms with van der Waals surface area (Å²) in [7, 11) is -2.37. The summed E-state index contributed by atoms with van der Waals surface area (Å²) >= 11 is 0. The first-order valence-corrected chi connectivity index (χ1v) is 15.8. The largest absolute Gasteiger partial charge is 1.00 e. The van der Waals surface area contributed by atoms with Crippen molar-refractivity contribution in [3.63, 3.8) is 0 Å². The molecule has 0 heterocycles. The van der Waals surface area contributed by atoms with E-state index in [0.29, 0.717) is 12.0 Å². The third kappa shape index (κ3) is 21.1. The van der Waals surface area contributed by atoms with Gasteiger partial charge in [0, 0.05) is 0 Å². The molecule has 0 bridgehead atoms. The van der Waals surface area contributed by atoms with E-state index in [-0.39, 0.29) is 39.3 Å². The first-order chi connectivity index (χ1) is 17.3. The second-order valence-electron chi connectivity index (χ2n) is 9.62. The summed E-state index contributed by atoms with van der Waals surface area (Å²) < 4.78 is 63.1. The molecule has 38 heavy (non-hydrogen) atoms. The molecule has 10 heteroatoms. The normalized spacial score (nSPS) is 11.1. The summed E-state index contributed by atoms with van der Waals surface area (Å²) in [6.45, 7) is 4.07. The fourth-order valence-electron chi connectivity index (χ4n) is 3.47. The number of hydrogen-bond acceptors (Lipinski definition) is 6. The molecule has 0 unspecified atom stereocenters. The van der Waals surface area contributed by atoms with Crippen LogP contribution in [0.5, 0.6) is 0 Å². The number of rotatable bonds is 13. The molecular formula is C28H46NNaO6S2. The van der Waals surface area contributed by atoms with Gasteiger partial charge in [-0.05, 0) is 64.7 Å². The van der Waals surface area contributed by atoms with E-state index in [9.17, 15) is 21.4 Å². The molecule has 1 N–H and O–H groups in total. The molecular weight excluding hydrogens is 533 g/mol. The van der Waals surface area contributed by atoms with Crippen LogP contribution in [-0.2, 0) is 26.7 Å². The van der Waals surface area contributed by atoms with Crippen LogP contribution in [0.2, 0.25) is 0 Å². The zero-order valence-electron chi connectivity index (χ0n) is 24.1. The van der Waals surface area contributed by atoms with E-state index in [1.807, 2.05) is 33.0 Å². The molecule has 7 nitrogen and oxygen atoms in total. The van der Waals surface area contributed by atoms with Gasteiger partial charge in [0.05, 0.1) is 9.79 Å². The molecule has 212 valence electrons. The molecule has 0 aliphatic heterocycles. The van der Waals surface area contributed by atoms with E-state index in [1.165, 1.54) is 69.6 Å². The van der Waals surface area contributed by atoms with Gasteiger partial charge in [-0.15, -0.1) is 0 Å². The second kappa shape index (κ2) is 22.0. The van der Waals surface area contributed by atoms with Gasteiger partial charge in [-0.1, -0.05) is 101 Å². The van der Waals surface area contributed by atoms with E-state index in [0.717, 1.165) is 18.4 Å². The first-order valence-electron chi connectivity index (χ1n) is 13.0. The van der Waals surface area contributed by atoms with Gasteiger partial charge in [-0.25, -0.2) is 8.42 Å². The van der Waals surface area contributed by atoms with Crippen molar-refractivity contribution in [3.05, 3.63) is 59.7 Å². The maximum Gasteiger partial charge on any atom is 1.00 e. The third-order valence-electron chi connectivity index (χ3n) is 5.36. The molecule has 0 aliphatic rings. The Bertz CT molecular complexity index is 1070. The van der Waals surface area contributed by atoms with Crippen LogP contribution in [-0.4, -0.2) is 52.0 Å². The summed E-state index contributed by atoms with van der Waals surface area (Å²) in [6, 6.07) is 12.5. The Kier molecular flexibility index (Phi) is 22.8. The second-order valence-corrected chi connectivity index (χ2v) is 12.4. The number of unbranched alkanes of at least 4 members (excludes halogenated alkanes) is 9. The van der Waals surface area contributed by atoms with Crippen molar-refractivity contribution >= 4 is 20.2 Å². The summed E-state index contributed by atoms with van der Waals surface area (Å²) in [5.41, 5.74) is 1.62. The average Bonchev–Trinajstić information content (AvgIpc) is 2.80. The summed E-state index contributed by atoms with van der Waals surface area (Å²) in [5.74, 6) is 0. The van der Waals surface area contributed by atoms with Gasteiger partial charge in [0.2, 0.25) is 0 Å². The van der Waals surface area contributed by atoms with Crippen LogP contribution in [0.4, 0.5) is 0 Å². The fourth-order valence-corrected chi connectivity index (χ4v) is 4.68. The van der Waals surface area contributed by atoms with Gasteiger partial charge in [0.25, 0.3) is 10.1 Å². The number of benzene rings is 2. The third-order valence-corrected chi connectivity index (χ3v) is 7.17. The van der Waals surface area contributed by atoms with E-state index in [2.05, 4.69) is 6.92 Å². The van der Waals surface area contributed by atoms with Crippen LogP contribution in [0.3, 0.4) is 0 Å². The van der Waals surface area contributed by atoms with Crippen LogP contribution in [0.1, 0.15) is 82.3 Å². The molecule has 0 fully saturated rings. The fraction of sp³-hybridized carbons (Fsp3) is 0.571. The van der Waals surface area contributed by atoms with Crippen molar-refractivity contribution in [1.29, 1.82) is 0 Å². The Morgan fingerprint density at radius 2 is 1.16 bits per heavy atom. The van der Waals surface area contributed by atoms with Gasteiger partial charge >= 0.3 is 29.6 Å². The van der Waals surface area contributed by atoms with Gasteiger partial charge in [-0.2, -0.15) is 8.42 Å². The number of aryl methyl sites for hydroxylation is 2. The Morgan fingerprint density at radius 1 is 0.737 bits per heavy atom. The Balaban J connectivity index is 0. The predicted octanol–water partition coefficient (Wildman–Crippen LogP) is 3.48. The van der Waals surface area contributed by atoms with E-state index in [1.54, 1.807) is 30.3 Å². The van der Waals surface area contributed by atoms with Crippen molar-refractivity contribution in [2.45, 2.75) is 94.3 Å². The number of hydrogen-bond donors (Lipinski definition) is 1. The van der Waals surface area contributed by atoms with Crippen molar-refractivity contribution in [2.75, 3.05) is 21.1 Å². The molecule has 0 amide bonds. The summed E-state index contributed by atoms with van der Waals surface area (Å²) in [6.07, 6.45) is 13.2. The monoisotopic (exact) mass is 579 g/mol. The molecule has 0 aromatic heterocycles. The number of nitrogens with zero attached hydrogens (tertiary/aromatic N) is 1. The minimum absolute atomic E-state index is 0. The van der Waals surface area contributed by atoms with Crippen molar-refractivity contribution in [3.8, 4) is 0 Å². The Hall–Kier alpha value is -0.780. The van der Waals surface area contributed by atoms with Crippen LogP contribution in [0.25, 0.3) is 0 Å². The van der Waals surface area contributed by atoms with Gasteiger partial charge in [-0.3, -0.25) is 4.55 Å². The zero-order valence-corrected chi connectivity index (χ0v) is 27.8. The molecule has 0 saturated heterocycles. The topological polar surface area (TPSA) is 115 Å². The van der Waals surface area contributed by atoms with Crippen LogP contribution in [0, 0.1) is 6.92 Å². The Labute approximate surface area is 254 Å². The summed E-state index contributed by atoms with van der Waals surface area (Å²) in [5, 5.41) is 0. The summed E-state index contributed by atoms with van der Waals surface area (Å²) in [4.78, 5) is 1.88. The quantitative estimate of drug-likeness (QED) is 0.220. The molecule has 0 saturated carbocycles. The smallest absolute Gasteiger partial charge is 0.744 e. The molecule has 0 spiro atoms. The molecule has 2 aromatic rings. The Morgan fingerprint density at radius 3 is 1.58 bits per heavy atom. The van der Waals surface area contributed by atoms with Crippen LogP contribution in [0.15, 0.2) is 58.3 Å². The molecule has 0 radical (unpaired) electrons. The zero-order chi connectivity index (χ0) is 28.3. The average molecular weight is 580 g/mol. The van der Waals surface area contributed by atoms with Crippen LogP contribution >= 0.6 is 0 Å². The molecule has 0 aliphatic carbocycles. The maximum absolute atomic E-state index is 11.2. The van der Waals surface area contributed by atoms with Gasteiger partial charge < -0.3 is 9.45 Å².